The zero-order valence-electron chi connectivity index (χ0n) is 11.3. The maximum absolute atomic E-state index is 11.1. The zero-order valence-corrected chi connectivity index (χ0v) is 11.3. The van der Waals surface area contributed by atoms with E-state index in [2.05, 4.69) is 17.1 Å². The maximum atomic E-state index is 11.1. The van der Waals surface area contributed by atoms with Crippen molar-refractivity contribution in [3.8, 4) is 0 Å². The standard InChI is InChI=1S/C13H24N2O3/c1-3-6-11-7-4-5-8-15(11)9-12(13(17)18)14-10(2)16/h11-12H,3-9H2,1-2H3,(H,14,16)(H,17,18). The van der Waals surface area contributed by atoms with Gasteiger partial charge in [-0.1, -0.05) is 19.8 Å². The van der Waals surface area contributed by atoms with Gasteiger partial charge in [0.2, 0.25) is 5.91 Å². The number of carbonyl (C=O) groups is 2. The molecule has 0 spiro atoms. The molecule has 2 unspecified atom stereocenters. The van der Waals surface area contributed by atoms with Crippen LogP contribution >= 0.6 is 0 Å². The highest BCUT2D eigenvalue weighted by Crippen LogP contribution is 2.20. The molecule has 104 valence electrons. The van der Waals surface area contributed by atoms with Gasteiger partial charge >= 0.3 is 5.97 Å². The lowest BCUT2D eigenvalue weighted by Crippen LogP contribution is -2.51. The topological polar surface area (TPSA) is 69.6 Å². The van der Waals surface area contributed by atoms with Crippen LogP contribution in [-0.2, 0) is 9.59 Å². The number of hydrogen-bond acceptors (Lipinski definition) is 3. The molecule has 2 N–H and O–H groups in total. The summed E-state index contributed by atoms with van der Waals surface area (Å²) in [7, 11) is 0. The van der Waals surface area contributed by atoms with Crippen molar-refractivity contribution in [2.75, 3.05) is 13.1 Å². The van der Waals surface area contributed by atoms with E-state index in [-0.39, 0.29) is 5.91 Å². The minimum Gasteiger partial charge on any atom is -0.480 e. The van der Waals surface area contributed by atoms with Crippen molar-refractivity contribution in [1.82, 2.24) is 10.2 Å². The molecule has 1 heterocycles. The Hall–Kier alpha value is -1.10. The first-order valence-corrected chi connectivity index (χ1v) is 6.78. The van der Waals surface area contributed by atoms with Crippen LogP contribution in [0.4, 0.5) is 0 Å². The van der Waals surface area contributed by atoms with Crippen molar-refractivity contribution in [2.24, 2.45) is 0 Å². The molecule has 0 saturated carbocycles. The van der Waals surface area contributed by atoms with Crippen molar-refractivity contribution >= 4 is 11.9 Å². The Morgan fingerprint density at radius 3 is 2.72 bits per heavy atom. The van der Waals surface area contributed by atoms with E-state index in [9.17, 15) is 9.59 Å². The lowest BCUT2D eigenvalue weighted by atomic mass is 9.97. The minimum absolute atomic E-state index is 0.286. The SMILES string of the molecule is CCCC1CCCCN1CC(NC(C)=O)C(=O)O. The predicted molar refractivity (Wildman–Crippen MR) is 69.4 cm³/mol. The minimum atomic E-state index is -0.953. The van der Waals surface area contributed by atoms with E-state index < -0.39 is 12.0 Å². The molecule has 0 aromatic rings. The quantitative estimate of drug-likeness (QED) is 0.750. The first kappa shape index (κ1) is 15.0. The third-order valence-corrected chi connectivity index (χ3v) is 3.46. The van der Waals surface area contributed by atoms with Gasteiger partial charge < -0.3 is 10.4 Å². The van der Waals surface area contributed by atoms with Gasteiger partial charge in [0.05, 0.1) is 0 Å². The Bertz CT molecular complexity index is 292. The van der Waals surface area contributed by atoms with E-state index in [1.54, 1.807) is 0 Å². The number of amides is 1. The van der Waals surface area contributed by atoms with E-state index in [0.29, 0.717) is 12.6 Å². The molecule has 1 amide bonds. The van der Waals surface area contributed by atoms with E-state index in [1.165, 1.54) is 13.3 Å². The molecule has 0 aromatic carbocycles. The second-order valence-corrected chi connectivity index (χ2v) is 5.02. The summed E-state index contributed by atoms with van der Waals surface area (Å²) < 4.78 is 0. The molecule has 18 heavy (non-hydrogen) atoms. The molecule has 1 rings (SSSR count). The number of carboxylic acid groups (broad SMARTS) is 1. The summed E-state index contributed by atoms with van der Waals surface area (Å²) in [5.74, 6) is -1.24. The number of aliphatic carboxylic acids is 1. The number of hydrogen-bond donors (Lipinski definition) is 2. The smallest absolute Gasteiger partial charge is 0.327 e. The Morgan fingerprint density at radius 2 is 2.17 bits per heavy atom. The highest BCUT2D eigenvalue weighted by Gasteiger charge is 2.27. The van der Waals surface area contributed by atoms with Gasteiger partial charge in [-0.3, -0.25) is 9.69 Å². The molecule has 1 fully saturated rings. The third-order valence-electron chi connectivity index (χ3n) is 3.46. The molecule has 0 aliphatic carbocycles. The number of carboxylic acids is 1. The molecule has 5 nitrogen and oxygen atoms in total. The summed E-state index contributed by atoms with van der Waals surface area (Å²) in [5.41, 5.74) is 0. The monoisotopic (exact) mass is 256 g/mol. The lowest BCUT2D eigenvalue weighted by Gasteiger charge is -2.37. The van der Waals surface area contributed by atoms with Crippen LogP contribution in [0, 0.1) is 0 Å². The summed E-state index contributed by atoms with van der Waals surface area (Å²) in [5, 5.41) is 11.6. The Labute approximate surface area is 109 Å². The van der Waals surface area contributed by atoms with Crippen LogP contribution in [0.25, 0.3) is 0 Å². The second-order valence-electron chi connectivity index (χ2n) is 5.02. The number of rotatable bonds is 6. The van der Waals surface area contributed by atoms with Gasteiger partial charge in [0, 0.05) is 19.5 Å². The van der Waals surface area contributed by atoms with E-state index in [0.717, 1.165) is 32.2 Å². The average Bonchev–Trinajstić information content (AvgIpc) is 2.30. The molecule has 1 aliphatic heterocycles. The number of nitrogens with zero attached hydrogens (tertiary/aromatic N) is 1. The zero-order chi connectivity index (χ0) is 13.5. The summed E-state index contributed by atoms with van der Waals surface area (Å²) >= 11 is 0. The van der Waals surface area contributed by atoms with Crippen LogP contribution in [0.2, 0.25) is 0 Å². The second kappa shape index (κ2) is 7.36. The van der Waals surface area contributed by atoms with Gasteiger partial charge in [0.15, 0.2) is 0 Å². The summed E-state index contributed by atoms with van der Waals surface area (Å²) in [6.07, 6.45) is 5.69. The maximum Gasteiger partial charge on any atom is 0.327 e. The van der Waals surface area contributed by atoms with E-state index in [4.69, 9.17) is 5.11 Å². The molecule has 0 aromatic heterocycles. The number of likely N-dealkylation sites (tertiary alicyclic amines) is 1. The fourth-order valence-corrected chi connectivity index (χ4v) is 2.63. The van der Waals surface area contributed by atoms with Gasteiger partial charge in [-0.2, -0.15) is 0 Å². The normalized spacial score (nSPS) is 22.4. The highest BCUT2D eigenvalue weighted by molar-refractivity contribution is 5.82. The van der Waals surface area contributed by atoms with Crippen molar-refractivity contribution in [3.63, 3.8) is 0 Å². The fourth-order valence-electron chi connectivity index (χ4n) is 2.63. The molecule has 2 atom stereocenters. The third kappa shape index (κ3) is 4.64. The number of piperidine rings is 1. The van der Waals surface area contributed by atoms with Gasteiger partial charge in [0.25, 0.3) is 0 Å². The largest absolute Gasteiger partial charge is 0.480 e. The molecule has 0 radical (unpaired) electrons. The molecule has 5 heteroatoms. The van der Waals surface area contributed by atoms with Gasteiger partial charge in [0.1, 0.15) is 6.04 Å². The lowest BCUT2D eigenvalue weighted by molar-refractivity contribution is -0.142. The van der Waals surface area contributed by atoms with Crippen LogP contribution < -0.4 is 5.32 Å². The predicted octanol–water partition coefficient (Wildman–Crippen LogP) is 1.23. The van der Waals surface area contributed by atoms with Crippen LogP contribution in [0.5, 0.6) is 0 Å². The van der Waals surface area contributed by atoms with E-state index >= 15 is 0 Å². The first-order valence-electron chi connectivity index (χ1n) is 6.78. The first-order chi connectivity index (χ1) is 8.54. The van der Waals surface area contributed by atoms with Crippen molar-refractivity contribution < 1.29 is 14.7 Å². The van der Waals surface area contributed by atoms with Crippen LogP contribution in [-0.4, -0.2) is 47.1 Å². The average molecular weight is 256 g/mol. The number of carbonyl (C=O) groups excluding carboxylic acids is 1. The molecule has 1 saturated heterocycles. The van der Waals surface area contributed by atoms with Crippen LogP contribution in [0.3, 0.4) is 0 Å². The summed E-state index contributed by atoms with van der Waals surface area (Å²) in [6, 6.07) is -0.320. The van der Waals surface area contributed by atoms with Gasteiger partial charge in [-0.25, -0.2) is 4.79 Å². The highest BCUT2D eigenvalue weighted by atomic mass is 16.4. The fraction of sp³-hybridized carbons (Fsp3) is 0.846. The van der Waals surface area contributed by atoms with Crippen LogP contribution in [0.1, 0.15) is 46.0 Å². The van der Waals surface area contributed by atoms with Gasteiger partial charge in [-0.15, -0.1) is 0 Å². The number of nitrogens with one attached hydrogen (secondary N) is 1. The molecule has 1 aliphatic rings. The van der Waals surface area contributed by atoms with Crippen molar-refractivity contribution in [1.29, 1.82) is 0 Å². The molecular weight excluding hydrogens is 232 g/mol. The molecule has 0 bridgehead atoms. The van der Waals surface area contributed by atoms with Crippen LogP contribution in [0.15, 0.2) is 0 Å². The molecular formula is C13H24N2O3. The Balaban J connectivity index is 2.59. The van der Waals surface area contributed by atoms with Crippen molar-refractivity contribution in [2.45, 2.75) is 58.0 Å². The van der Waals surface area contributed by atoms with Crippen molar-refractivity contribution in [3.05, 3.63) is 0 Å². The Morgan fingerprint density at radius 1 is 1.44 bits per heavy atom. The Kier molecular flexibility index (Phi) is 6.12. The van der Waals surface area contributed by atoms with E-state index in [1.807, 2.05) is 0 Å². The van der Waals surface area contributed by atoms with Gasteiger partial charge in [-0.05, 0) is 25.8 Å². The summed E-state index contributed by atoms with van der Waals surface area (Å²) in [6.45, 7) is 4.86. The summed E-state index contributed by atoms with van der Waals surface area (Å²) in [4.78, 5) is 24.4.